The Hall–Kier alpha value is -0.500. The van der Waals surface area contributed by atoms with Crippen molar-refractivity contribution in [1.29, 1.82) is 0 Å². The molecule has 0 aliphatic carbocycles. The normalized spacial score (nSPS) is 44.9. The Balaban J connectivity index is 1.86. The van der Waals surface area contributed by atoms with Crippen LogP contribution in [-0.4, -0.2) is 53.5 Å². The summed E-state index contributed by atoms with van der Waals surface area (Å²) in [6.45, 7) is 11.0. The van der Waals surface area contributed by atoms with Gasteiger partial charge in [-0.15, -0.1) is 6.58 Å². The Labute approximate surface area is 125 Å². The van der Waals surface area contributed by atoms with Gasteiger partial charge < -0.3 is 28.8 Å². The highest BCUT2D eigenvalue weighted by atomic mass is 16.9. The Kier molecular flexibility index (Phi) is 3.67. The Morgan fingerprint density at radius 3 is 2.24 bits per heavy atom. The average molecular weight is 300 g/mol. The lowest BCUT2D eigenvalue weighted by atomic mass is 9.94. The second-order valence-corrected chi connectivity index (χ2v) is 6.73. The minimum absolute atomic E-state index is 0.329. The lowest BCUT2D eigenvalue weighted by Crippen LogP contribution is -2.58. The molecule has 0 saturated carbocycles. The lowest BCUT2D eigenvalue weighted by Gasteiger charge is -2.39. The minimum Gasteiger partial charge on any atom is -0.390 e. The smallest absolute Gasteiger partial charge is 0.190 e. The van der Waals surface area contributed by atoms with Crippen molar-refractivity contribution in [1.82, 2.24) is 0 Å². The molecule has 0 amide bonds. The van der Waals surface area contributed by atoms with Crippen molar-refractivity contribution in [2.45, 2.75) is 82.5 Å². The minimum atomic E-state index is -0.742. The number of aliphatic hydroxyl groups is 1. The van der Waals surface area contributed by atoms with Gasteiger partial charge in [0.2, 0.25) is 0 Å². The van der Waals surface area contributed by atoms with Gasteiger partial charge >= 0.3 is 0 Å². The van der Waals surface area contributed by atoms with Gasteiger partial charge in [-0.1, -0.05) is 6.08 Å². The molecule has 3 aliphatic heterocycles. The van der Waals surface area contributed by atoms with Crippen molar-refractivity contribution >= 4 is 0 Å². The lowest BCUT2D eigenvalue weighted by molar-refractivity contribution is -0.252. The van der Waals surface area contributed by atoms with Crippen LogP contribution in [0.3, 0.4) is 0 Å². The highest BCUT2D eigenvalue weighted by Gasteiger charge is 2.61. The van der Waals surface area contributed by atoms with Crippen LogP contribution in [0.1, 0.15) is 34.1 Å². The van der Waals surface area contributed by atoms with E-state index < -0.39 is 36.2 Å². The number of aliphatic hydroxyl groups excluding tert-OH is 1. The first-order valence-electron chi connectivity index (χ1n) is 7.38. The first-order chi connectivity index (χ1) is 9.72. The van der Waals surface area contributed by atoms with Gasteiger partial charge in [-0.3, -0.25) is 0 Å². The van der Waals surface area contributed by atoms with Gasteiger partial charge in [-0.05, 0) is 34.1 Å². The first kappa shape index (κ1) is 15.4. The molecule has 6 atom stereocenters. The molecule has 6 nitrogen and oxygen atoms in total. The summed E-state index contributed by atoms with van der Waals surface area (Å²) in [6, 6.07) is 0. The molecule has 3 fully saturated rings. The van der Waals surface area contributed by atoms with Gasteiger partial charge in [-0.2, -0.15) is 0 Å². The van der Waals surface area contributed by atoms with Crippen molar-refractivity contribution in [2.75, 3.05) is 0 Å². The fourth-order valence-electron chi connectivity index (χ4n) is 3.26. The predicted octanol–water partition coefficient (Wildman–Crippen LogP) is 1.32. The molecular weight excluding hydrogens is 276 g/mol. The molecule has 0 bridgehead atoms. The molecule has 0 aromatic heterocycles. The number of hydrogen-bond donors (Lipinski definition) is 1. The van der Waals surface area contributed by atoms with Crippen molar-refractivity contribution in [2.24, 2.45) is 0 Å². The molecule has 0 spiro atoms. The fraction of sp³-hybridized carbons (Fsp3) is 0.867. The first-order valence-corrected chi connectivity index (χ1v) is 7.38. The molecule has 21 heavy (non-hydrogen) atoms. The highest BCUT2D eigenvalue weighted by molar-refractivity contribution is 5.02. The van der Waals surface area contributed by atoms with Crippen LogP contribution in [0, 0.1) is 0 Å². The Morgan fingerprint density at radius 2 is 1.57 bits per heavy atom. The zero-order valence-electron chi connectivity index (χ0n) is 12.9. The van der Waals surface area contributed by atoms with Gasteiger partial charge in [0.15, 0.2) is 17.9 Å². The van der Waals surface area contributed by atoms with Gasteiger partial charge in [0.05, 0.1) is 6.10 Å². The molecule has 120 valence electrons. The van der Waals surface area contributed by atoms with Crippen molar-refractivity contribution in [3.05, 3.63) is 12.7 Å². The SMILES string of the molecule is C=CC[C@@H](O)[C@H]1O[C@@H]2OC(C)(C)O[C@@H]2[C@H]2OC(C)(C)O[C@H]21. The summed E-state index contributed by atoms with van der Waals surface area (Å²) in [6.07, 6.45) is -0.833. The van der Waals surface area contributed by atoms with Crippen molar-refractivity contribution in [3.8, 4) is 0 Å². The van der Waals surface area contributed by atoms with Crippen LogP contribution in [0.4, 0.5) is 0 Å². The van der Waals surface area contributed by atoms with E-state index in [2.05, 4.69) is 6.58 Å². The largest absolute Gasteiger partial charge is 0.390 e. The summed E-state index contributed by atoms with van der Waals surface area (Å²) in [5.74, 6) is -1.48. The maximum Gasteiger partial charge on any atom is 0.190 e. The van der Waals surface area contributed by atoms with Gasteiger partial charge in [0.25, 0.3) is 0 Å². The van der Waals surface area contributed by atoms with E-state index in [1.165, 1.54) is 0 Å². The standard InChI is InChI=1S/C15H24O6/c1-6-7-8(16)9-10-11(19-14(2,3)18-10)12-13(17-9)21-15(4,5)20-12/h6,8-13,16H,1,7H2,2-5H3/t8-,9-,10+,11+,12-,13-/m1/s1. The summed E-state index contributed by atoms with van der Waals surface area (Å²) in [5.41, 5.74) is 0. The van der Waals surface area contributed by atoms with Crippen LogP contribution in [0.2, 0.25) is 0 Å². The Morgan fingerprint density at radius 1 is 1.00 bits per heavy atom. The second kappa shape index (κ2) is 5.01. The fourth-order valence-corrected chi connectivity index (χ4v) is 3.26. The third-order valence-electron chi connectivity index (χ3n) is 3.98. The molecule has 0 unspecified atom stereocenters. The molecule has 0 aromatic carbocycles. The summed E-state index contributed by atoms with van der Waals surface area (Å²) < 4.78 is 29.5. The van der Waals surface area contributed by atoms with Crippen LogP contribution in [0.15, 0.2) is 12.7 Å². The maximum atomic E-state index is 10.3. The number of hydrogen-bond acceptors (Lipinski definition) is 6. The summed E-state index contributed by atoms with van der Waals surface area (Å²) in [4.78, 5) is 0. The molecule has 0 aromatic rings. The van der Waals surface area contributed by atoms with Crippen LogP contribution in [0.25, 0.3) is 0 Å². The topological polar surface area (TPSA) is 66.4 Å². The third kappa shape index (κ3) is 2.76. The van der Waals surface area contributed by atoms with Crippen molar-refractivity contribution in [3.63, 3.8) is 0 Å². The summed E-state index contributed by atoms with van der Waals surface area (Å²) in [5, 5.41) is 10.3. The zero-order valence-corrected chi connectivity index (χ0v) is 12.9. The van der Waals surface area contributed by atoms with Crippen LogP contribution < -0.4 is 0 Å². The molecule has 3 rings (SSSR count). The van der Waals surface area contributed by atoms with Gasteiger partial charge in [0, 0.05) is 0 Å². The molecule has 3 saturated heterocycles. The van der Waals surface area contributed by atoms with E-state index in [1.54, 1.807) is 6.08 Å². The number of ether oxygens (including phenoxy) is 5. The molecule has 1 N–H and O–H groups in total. The number of rotatable bonds is 3. The van der Waals surface area contributed by atoms with E-state index in [1.807, 2.05) is 27.7 Å². The molecule has 3 aliphatic rings. The summed E-state index contributed by atoms with van der Waals surface area (Å²) in [7, 11) is 0. The van der Waals surface area contributed by atoms with E-state index in [4.69, 9.17) is 23.7 Å². The maximum absolute atomic E-state index is 10.3. The number of fused-ring (bicyclic) bond motifs is 3. The molecule has 0 radical (unpaired) electrons. The third-order valence-corrected chi connectivity index (χ3v) is 3.98. The monoisotopic (exact) mass is 300 g/mol. The van der Waals surface area contributed by atoms with E-state index in [0.29, 0.717) is 6.42 Å². The molecule has 3 heterocycles. The van der Waals surface area contributed by atoms with Crippen LogP contribution in [-0.2, 0) is 23.7 Å². The quantitative estimate of drug-likeness (QED) is 0.793. The molecule has 6 heteroatoms. The van der Waals surface area contributed by atoms with Crippen molar-refractivity contribution < 1.29 is 28.8 Å². The van der Waals surface area contributed by atoms with E-state index in [9.17, 15) is 5.11 Å². The Bertz CT molecular complexity index is 420. The predicted molar refractivity (Wildman–Crippen MR) is 73.3 cm³/mol. The average Bonchev–Trinajstić information content (AvgIpc) is 2.82. The zero-order chi connectivity index (χ0) is 15.4. The highest BCUT2D eigenvalue weighted by Crippen LogP contribution is 2.44. The van der Waals surface area contributed by atoms with E-state index in [-0.39, 0.29) is 12.2 Å². The van der Waals surface area contributed by atoms with Gasteiger partial charge in [-0.25, -0.2) is 0 Å². The molecular formula is C15H24O6. The summed E-state index contributed by atoms with van der Waals surface area (Å²) >= 11 is 0. The van der Waals surface area contributed by atoms with Crippen LogP contribution >= 0.6 is 0 Å². The van der Waals surface area contributed by atoms with Gasteiger partial charge in [0.1, 0.15) is 24.4 Å². The van der Waals surface area contributed by atoms with E-state index >= 15 is 0 Å². The van der Waals surface area contributed by atoms with Crippen LogP contribution in [0.5, 0.6) is 0 Å². The van der Waals surface area contributed by atoms with E-state index in [0.717, 1.165) is 0 Å². The second-order valence-electron chi connectivity index (χ2n) is 6.73.